The monoisotopic (exact) mass is 318 g/mol. The molecule has 2 aliphatic carbocycles. The molecule has 23 heavy (non-hydrogen) atoms. The molecular formula is C18H26N2O3. The first kappa shape index (κ1) is 15.2. The Kier molecular flexibility index (Phi) is 3.34. The molecule has 2 heterocycles. The molecular weight excluding hydrogens is 292 g/mol. The third-order valence-electron chi connectivity index (χ3n) is 5.29. The first-order chi connectivity index (χ1) is 10.9. The van der Waals surface area contributed by atoms with E-state index in [-0.39, 0.29) is 17.1 Å². The van der Waals surface area contributed by atoms with Crippen LogP contribution < -0.4 is 0 Å². The Morgan fingerprint density at radius 3 is 2.61 bits per heavy atom. The molecule has 1 saturated heterocycles. The van der Waals surface area contributed by atoms with Gasteiger partial charge in [-0.1, -0.05) is 0 Å². The number of rotatable bonds is 4. The van der Waals surface area contributed by atoms with E-state index in [1.54, 1.807) is 0 Å². The Labute approximate surface area is 137 Å². The molecule has 3 fully saturated rings. The molecule has 5 heteroatoms. The number of aromatic nitrogens is 2. The van der Waals surface area contributed by atoms with Crippen LogP contribution in [0.25, 0.3) is 0 Å². The van der Waals surface area contributed by atoms with Crippen molar-refractivity contribution in [2.75, 3.05) is 13.2 Å². The quantitative estimate of drug-likeness (QED) is 0.800. The van der Waals surface area contributed by atoms with Crippen molar-refractivity contribution in [3.63, 3.8) is 0 Å². The van der Waals surface area contributed by atoms with Gasteiger partial charge in [0.25, 0.3) is 0 Å². The van der Waals surface area contributed by atoms with Crippen molar-refractivity contribution in [1.29, 1.82) is 0 Å². The molecule has 2 saturated carbocycles. The molecule has 0 radical (unpaired) electrons. The number of carbonyl (C=O) groups is 1. The molecule has 0 N–H and O–H groups in total. The maximum atomic E-state index is 12.7. The zero-order chi connectivity index (χ0) is 16.2. The van der Waals surface area contributed by atoms with Crippen molar-refractivity contribution in [3.05, 3.63) is 17.5 Å². The Balaban J connectivity index is 1.54. The van der Waals surface area contributed by atoms with Crippen molar-refractivity contribution >= 4 is 5.97 Å². The fraction of sp³-hybridized carbons (Fsp3) is 0.778. The minimum absolute atomic E-state index is 0.118. The lowest BCUT2D eigenvalue weighted by atomic mass is 9.99. The van der Waals surface area contributed by atoms with Crippen LogP contribution in [0.1, 0.15) is 75.0 Å². The van der Waals surface area contributed by atoms with Crippen molar-refractivity contribution in [3.8, 4) is 0 Å². The number of hydrogen-bond donors (Lipinski definition) is 0. The van der Waals surface area contributed by atoms with E-state index >= 15 is 0 Å². The van der Waals surface area contributed by atoms with Crippen molar-refractivity contribution < 1.29 is 14.3 Å². The Bertz CT molecular complexity index is 615. The van der Waals surface area contributed by atoms with Crippen LogP contribution in [0.4, 0.5) is 0 Å². The smallest absolute Gasteiger partial charge is 0.359 e. The summed E-state index contributed by atoms with van der Waals surface area (Å²) in [5, 5.41) is 4.59. The lowest BCUT2D eigenvalue weighted by Crippen LogP contribution is -2.30. The molecule has 1 aliphatic heterocycles. The van der Waals surface area contributed by atoms with Gasteiger partial charge < -0.3 is 9.47 Å². The first-order valence-electron chi connectivity index (χ1n) is 8.81. The van der Waals surface area contributed by atoms with Gasteiger partial charge in [0.15, 0.2) is 5.69 Å². The SMILES string of the molecule is CC(C)(C)n1nc(C(=O)OC2(C3CCOC3)CC2)cc1C1CC1. The van der Waals surface area contributed by atoms with E-state index in [0.717, 1.165) is 32.5 Å². The summed E-state index contributed by atoms with van der Waals surface area (Å²) in [4.78, 5) is 12.7. The predicted octanol–water partition coefficient (Wildman–Crippen LogP) is 3.24. The van der Waals surface area contributed by atoms with Crippen LogP contribution in [-0.4, -0.2) is 34.6 Å². The zero-order valence-electron chi connectivity index (χ0n) is 14.3. The summed E-state index contributed by atoms with van der Waals surface area (Å²) in [6.45, 7) is 7.88. The summed E-state index contributed by atoms with van der Waals surface area (Å²) < 4.78 is 13.4. The fourth-order valence-corrected chi connectivity index (χ4v) is 3.61. The summed E-state index contributed by atoms with van der Waals surface area (Å²) in [6, 6.07) is 1.95. The number of ether oxygens (including phenoxy) is 2. The van der Waals surface area contributed by atoms with Gasteiger partial charge in [-0.05, 0) is 58.9 Å². The maximum Gasteiger partial charge on any atom is 0.359 e. The summed E-state index contributed by atoms with van der Waals surface area (Å²) in [5.41, 5.74) is 1.25. The van der Waals surface area contributed by atoms with Gasteiger partial charge in [0.2, 0.25) is 0 Å². The molecule has 1 atom stereocenters. The Morgan fingerprint density at radius 1 is 1.35 bits per heavy atom. The molecule has 5 nitrogen and oxygen atoms in total. The average Bonchev–Trinajstić information content (AvgIpc) is 3.36. The highest BCUT2D eigenvalue weighted by molar-refractivity contribution is 5.88. The van der Waals surface area contributed by atoms with Crippen LogP contribution in [0.5, 0.6) is 0 Å². The van der Waals surface area contributed by atoms with E-state index in [1.807, 2.05) is 10.7 Å². The number of nitrogens with zero attached hydrogens (tertiary/aromatic N) is 2. The summed E-state index contributed by atoms with van der Waals surface area (Å²) in [6.07, 6.45) is 5.31. The van der Waals surface area contributed by atoms with Gasteiger partial charge in [-0.2, -0.15) is 5.10 Å². The van der Waals surface area contributed by atoms with E-state index in [1.165, 1.54) is 18.5 Å². The Morgan fingerprint density at radius 2 is 2.09 bits per heavy atom. The van der Waals surface area contributed by atoms with E-state index in [2.05, 4.69) is 25.9 Å². The first-order valence-corrected chi connectivity index (χ1v) is 8.81. The average molecular weight is 318 g/mol. The number of carbonyl (C=O) groups excluding carboxylic acids is 1. The van der Waals surface area contributed by atoms with Gasteiger partial charge in [-0.3, -0.25) is 4.68 Å². The summed E-state index contributed by atoms with van der Waals surface area (Å²) in [5.74, 6) is 0.653. The van der Waals surface area contributed by atoms with Gasteiger partial charge in [-0.25, -0.2) is 4.79 Å². The van der Waals surface area contributed by atoms with Crippen LogP contribution in [0.3, 0.4) is 0 Å². The second kappa shape index (κ2) is 5.07. The maximum absolute atomic E-state index is 12.7. The van der Waals surface area contributed by atoms with Crippen LogP contribution >= 0.6 is 0 Å². The van der Waals surface area contributed by atoms with Crippen molar-refractivity contribution in [1.82, 2.24) is 9.78 Å². The second-order valence-electron chi connectivity index (χ2n) is 8.33. The van der Waals surface area contributed by atoms with Crippen LogP contribution in [-0.2, 0) is 15.0 Å². The highest BCUT2D eigenvalue weighted by Crippen LogP contribution is 2.49. The third-order valence-corrected chi connectivity index (χ3v) is 5.29. The molecule has 0 amide bonds. The minimum Gasteiger partial charge on any atom is -0.454 e. The second-order valence-corrected chi connectivity index (χ2v) is 8.33. The molecule has 1 unspecified atom stereocenters. The molecule has 126 valence electrons. The summed E-state index contributed by atoms with van der Waals surface area (Å²) >= 11 is 0. The van der Waals surface area contributed by atoms with E-state index in [0.29, 0.717) is 17.5 Å². The molecule has 1 aromatic rings. The normalized spacial score (nSPS) is 26.3. The summed E-state index contributed by atoms with van der Waals surface area (Å²) in [7, 11) is 0. The van der Waals surface area contributed by atoms with Gasteiger partial charge in [0, 0.05) is 24.1 Å². The van der Waals surface area contributed by atoms with Gasteiger partial charge in [0.1, 0.15) is 5.60 Å². The third kappa shape index (κ3) is 2.80. The highest BCUT2D eigenvalue weighted by atomic mass is 16.6. The molecule has 4 rings (SSSR count). The predicted molar refractivity (Wildman–Crippen MR) is 85.5 cm³/mol. The van der Waals surface area contributed by atoms with Crippen molar-refractivity contribution in [2.45, 2.75) is 69.9 Å². The van der Waals surface area contributed by atoms with Crippen LogP contribution in [0.15, 0.2) is 6.07 Å². The van der Waals surface area contributed by atoms with Crippen LogP contribution in [0.2, 0.25) is 0 Å². The topological polar surface area (TPSA) is 53.4 Å². The van der Waals surface area contributed by atoms with E-state index < -0.39 is 0 Å². The fourth-order valence-electron chi connectivity index (χ4n) is 3.61. The molecule has 0 spiro atoms. The van der Waals surface area contributed by atoms with E-state index in [9.17, 15) is 4.79 Å². The minimum atomic E-state index is -0.279. The highest BCUT2D eigenvalue weighted by Gasteiger charge is 2.54. The largest absolute Gasteiger partial charge is 0.454 e. The molecule has 0 bridgehead atoms. The molecule has 3 aliphatic rings. The standard InChI is InChI=1S/C18H26N2O3/c1-17(2,3)20-15(12-4-5-12)10-14(19-20)16(21)23-18(7-8-18)13-6-9-22-11-13/h10,12-13H,4-9,11H2,1-3H3. The van der Waals surface area contributed by atoms with E-state index in [4.69, 9.17) is 9.47 Å². The molecule has 1 aromatic heterocycles. The van der Waals surface area contributed by atoms with Crippen LogP contribution in [0, 0.1) is 5.92 Å². The Hall–Kier alpha value is -1.36. The van der Waals surface area contributed by atoms with Gasteiger partial charge in [-0.15, -0.1) is 0 Å². The number of esters is 1. The number of hydrogen-bond acceptors (Lipinski definition) is 4. The van der Waals surface area contributed by atoms with Crippen molar-refractivity contribution in [2.24, 2.45) is 5.92 Å². The lowest BCUT2D eigenvalue weighted by Gasteiger charge is -2.22. The van der Waals surface area contributed by atoms with Gasteiger partial charge >= 0.3 is 5.97 Å². The molecule has 0 aromatic carbocycles. The zero-order valence-corrected chi connectivity index (χ0v) is 14.3. The lowest BCUT2D eigenvalue weighted by molar-refractivity contribution is 0.0000910. The van der Waals surface area contributed by atoms with Gasteiger partial charge in [0.05, 0.1) is 12.1 Å².